The summed E-state index contributed by atoms with van der Waals surface area (Å²) in [5.41, 5.74) is 3.93. The molecule has 0 radical (unpaired) electrons. The van der Waals surface area contributed by atoms with Crippen LogP contribution in [0.25, 0.3) is 11.1 Å². The van der Waals surface area contributed by atoms with E-state index in [-0.39, 0.29) is 5.78 Å². The topological polar surface area (TPSA) is 54.0 Å². The molecule has 3 aromatic rings. The lowest BCUT2D eigenvalue weighted by molar-refractivity contribution is 0.103. The predicted molar refractivity (Wildman–Crippen MR) is 113 cm³/mol. The largest absolute Gasteiger partial charge is 0.497 e. The standard InChI is InChI=1S/C24H24O5/c1-15-6-7-17(16-8-10-19(26-2)11-9-16)12-20(15)23(25)18-13-21(27-3)24(29-5)22(14-18)28-4/h6-14H,1-5H3. The number of aryl methyl sites for hydroxylation is 1. The third-order valence-electron chi connectivity index (χ3n) is 4.83. The Morgan fingerprint density at radius 3 is 1.79 bits per heavy atom. The molecule has 0 saturated carbocycles. The van der Waals surface area contributed by atoms with E-state index in [0.29, 0.717) is 28.4 Å². The number of carbonyl (C=O) groups excluding carboxylic acids is 1. The van der Waals surface area contributed by atoms with Gasteiger partial charge < -0.3 is 18.9 Å². The summed E-state index contributed by atoms with van der Waals surface area (Å²) in [5, 5.41) is 0. The van der Waals surface area contributed by atoms with Gasteiger partial charge in [0.2, 0.25) is 5.75 Å². The summed E-state index contributed by atoms with van der Waals surface area (Å²) in [4.78, 5) is 13.3. The van der Waals surface area contributed by atoms with Crippen LogP contribution in [0.1, 0.15) is 21.5 Å². The van der Waals surface area contributed by atoms with E-state index in [2.05, 4.69) is 0 Å². The number of ether oxygens (including phenoxy) is 4. The smallest absolute Gasteiger partial charge is 0.203 e. The van der Waals surface area contributed by atoms with Gasteiger partial charge in [-0.3, -0.25) is 4.79 Å². The van der Waals surface area contributed by atoms with E-state index in [4.69, 9.17) is 18.9 Å². The maximum absolute atomic E-state index is 13.3. The second-order valence-electron chi connectivity index (χ2n) is 6.50. The number of methoxy groups -OCH3 is 4. The predicted octanol–water partition coefficient (Wildman–Crippen LogP) is 4.93. The third-order valence-corrected chi connectivity index (χ3v) is 4.83. The van der Waals surface area contributed by atoms with E-state index < -0.39 is 0 Å². The molecule has 0 N–H and O–H groups in total. The van der Waals surface area contributed by atoms with Crippen LogP contribution in [0.4, 0.5) is 0 Å². The van der Waals surface area contributed by atoms with Crippen molar-refractivity contribution in [3.63, 3.8) is 0 Å². The maximum Gasteiger partial charge on any atom is 0.203 e. The zero-order valence-corrected chi connectivity index (χ0v) is 17.2. The van der Waals surface area contributed by atoms with Crippen LogP contribution < -0.4 is 18.9 Å². The van der Waals surface area contributed by atoms with Crippen molar-refractivity contribution in [2.75, 3.05) is 28.4 Å². The first kappa shape index (κ1) is 20.3. The lowest BCUT2D eigenvalue weighted by atomic mass is 9.94. The minimum atomic E-state index is -0.114. The maximum atomic E-state index is 13.3. The summed E-state index contributed by atoms with van der Waals surface area (Å²) >= 11 is 0. The molecule has 0 aliphatic rings. The van der Waals surface area contributed by atoms with Gasteiger partial charge in [0.25, 0.3) is 0 Å². The minimum absolute atomic E-state index is 0.114. The van der Waals surface area contributed by atoms with Crippen molar-refractivity contribution in [1.29, 1.82) is 0 Å². The molecule has 0 spiro atoms. The highest BCUT2D eigenvalue weighted by atomic mass is 16.5. The van der Waals surface area contributed by atoms with Crippen molar-refractivity contribution in [3.8, 4) is 34.1 Å². The van der Waals surface area contributed by atoms with Gasteiger partial charge in [0, 0.05) is 11.1 Å². The first-order chi connectivity index (χ1) is 14.0. The highest BCUT2D eigenvalue weighted by molar-refractivity contribution is 6.11. The van der Waals surface area contributed by atoms with Crippen LogP contribution in [0.15, 0.2) is 54.6 Å². The van der Waals surface area contributed by atoms with E-state index in [1.54, 1.807) is 19.2 Å². The molecule has 0 fully saturated rings. The third kappa shape index (κ3) is 4.04. The summed E-state index contributed by atoms with van der Waals surface area (Å²) in [5.74, 6) is 2.01. The molecule has 0 heterocycles. The Bertz CT molecular complexity index is 997. The molecule has 0 saturated heterocycles. The fourth-order valence-corrected chi connectivity index (χ4v) is 3.20. The Morgan fingerprint density at radius 1 is 0.690 bits per heavy atom. The average molecular weight is 392 g/mol. The lowest BCUT2D eigenvalue weighted by Gasteiger charge is -2.15. The highest BCUT2D eigenvalue weighted by Gasteiger charge is 2.19. The molecule has 0 amide bonds. The molecule has 3 aromatic carbocycles. The highest BCUT2D eigenvalue weighted by Crippen LogP contribution is 2.39. The fraction of sp³-hybridized carbons (Fsp3) is 0.208. The molecular weight excluding hydrogens is 368 g/mol. The van der Waals surface area contributed by atoms with Crippen LogP contribution in [0.5, 0.6) is 23.0 Å². The summed E-state index contributed by atoms with van der Waals surface area (Å²) in [6, 6.07) is 16.9. The number of rotatable bonds is 7. The second kappa shape index (κ2) is 8.69. The molecule has 0 unspecified atom stereocenters. The van der Waals surface area contributed by atoms with Crippen molar-refractivity contribution in [3.05, 3.63) is 71.3 Å². The molecule has 29 heavy (non-hydrogen) atoms. The van der Waals surface area contributed by atoms with E-state index in [1.807, 2.05) is 49.4 Å². The van der Waals surface area contributed by atoms with Crippen molar-refractivity contribution in [2.45, 2.75) is 6.92 Å². The van der Waals surface area contributed by atoms with Gasteiger partial charge in [-0.05, 0) is 53.9 Å². The van der Waals surface area contributed by atoms with Crippen LogP contribution in [-0.2, 0) is 0 Å². The Hall–Kier alpha value is -3.47. The Labute approximate surface area is 170 Å². The SMILES string of the molecule is COc1ccc(-c2ccc(C)c(C(=O)c3cc(OC)c(OC)c(OC)c3)c2)cc1. The molecule has 0 aliphatic heterocycles. The lowest BCUT2D eigenvalue weighted by Crippen LogP contribution is -2.06. The van der Waals surface area contributed by atoms with Crippen molar-refractivity contribution >= 4 is 5.78 Å². The zero-order valence-electron chi connectivity index (χ0n) is 17.2. The van der Waals surface area contributed by atoms with E-state index in [0.717, 1.165) is 22.4 Å². The van der Waals surface area contributed by atoms with Crippen LogP contribution in [0.3, 0.4) is 0 Å². The number of hydrogen-bond acceptors (Lipinski definition) is 5. The van der Waals surface area contributed by atoms with Gasteiger partial charge in [-0.15, -0.1) is 0 Å². The summed E-state index contributed by atoms with van der Waals surface area (Å²) in [6.07, 6.45) is 0. The summed E-state index contributed by atoms with van der Waals surface area (Å²) in [6.45, 7) is 1.92. The van der Waals surface area contributed by atoms with E-state index >= 15 is 0 Å². The van der Waals surface area contributed by atoms with Crippen LogP contribution in [0, 0.1) is 6.92 Å². The van der Waals surface area contributed by atoms with Crippen LogP contribution in [-0.4, -0.2) is 34.2 Å². The van der Waals surface area contributed by atoms with Gasteiger partial charge >= 0.3 is 0 Å². The number of hydrogen-bond donors (Lipinski definition) is 0. The first-order valence-electron chi connectivity index (χ1n) is 9.12. The Morgan fingerprint density at radius 2 is 1.28 bits per heavy atom. The molecule has 3 rings (SSSR count). The minimum Gasteiger partial charge on any atom is -0.497 e. The van der Waals surface area contributed by atoms with E-state index in [9.17, 15) is 4.79 Å². The number of ketones is 1. The summed E-state index contributed by atoms with van der Waals surface area (Å²) < 4.78 is 21.3. The fourth-order valence-electron chi connectivity index (χ4n) is 3.20. The number of carbonyl (C=O) groups is 1. The molecular formula is C24H24O5. The van der Waals surface area contributed by atoms with E-state index in [1.165, 1.54) is 21.3 Å². The Kier molecular flexibility index (Phi) is 6.07. The molecule has 0 aliphatic carbocycles. The average Bonchev–Trinajstić information content (AvgIpc) is 2.77. The first-order valence-corrected chi connectivity index (χ1v) is 9.12. The monoisotopic (exact) mass is 392 g/mol. The van der Waals surface area contributed by atoms with Crippen LogP contribution >= 0.6 is 0 Å². The molecule has 0 atom stereocenters. The molecule has 0 bridgehead atoms. The van der Waals surface area contributed by atoms with Gasteiger partial charge in [0.1, 0.15) is 5.75 Å². The van der Waals surface area contributed by atoms with Crippen molar-refractivity contribution in [1.82, 2.24) is 0 Å². The van der Waals surface area contributed by atoms with Crippen molar-refractivity contribution < 1.29 is 23.7 Å². The molecule has 5 heteroatoms. The summed E-state index contributed by atoms with van der Waals surface area (Å²) in [7, 11) is 6.22. The Balaban J connectivity index is 2.05. The van der Waals surface area contributed by atoms with Crippen LogP contribution in [0.2, 0.25) is 0 Å². The molecule has 5 nitrogen and oxygen atoms in total. The van der Waals surface area contributed by atoms with Gasteiger partial charge in [-0.25, -0.2) is 0 Å². The van der Waals surface area contributed by atoms with Gasteiger partial charge in [-0.2, -0.15) is 0 Å². The van der Waals surface area contributed by atoms with Crippen molar-refractivity contribution in [2.24, 2.45) is 0 Å². The zero-order chi connectivity index (χ0) is 21.0. The molecule has 150 valence electrons. The quantitative estimate of drug-likeness (QED) is 0.534. The normalized spacial score (nSPS) is 10.4. The number of benzene rings is 3. The van der Waals surface area contributed by atoms with Gasteiger partial charge in [0.05, 0.1) is 28.4 Å². The second-order valence-corrected chi connectivity index (χ2v) is 6.50. The van der Waals surface area contributed by atoms with Gasteiger partial charge in [0.15, 0.2) is 17.3 Å². The molecule has 0 aromatic heterocycles. The van der Waals surface area contributed by atoms with Gasteiger partial charge in [-0.1, -0.05) is 24.3 Å².